The van der Waals surface area contributed by atoms with Crippen LogP contribution in [0.4, 0.5) is 0 Å². The highest BCUT2D eigenvalue weighted by Gasteiger charge is 2.12. The maximum absolute atomic E-state index is 11.2. The predicted octanol–water partition coefficient (Wildman–Crippen LogP) is 2.35. The number of aromatic carboxylic acids is 1. The van der Waals surface area contributed by atoms with Crippen LogP contribution in [0.1, 0.15) is 52.3 Å². The minimum atomic E-state index is -1.04. The smallest absolute Gasteiger partial charge is 0.335 e. The second-order valence-corrected chi connectivity index (χ2v) is 7.03. The van der Waals surface area contributed by atoms with Crippen molar-refractivity contribution in [1.82, 2.24) is 25.1 Å². The first-order chi connectivity index (χ1) is 14.6. The standard InChI is InChI=1S/C22H27N5O3/c1-2-20-25-26-21(27(20)10-6-9-16-7-4-3-5-8-16)14-23-13-18-11-17(22(29)30)12-19(15-28)24-18/h3-5,7-8,11-12,23,28H,2,6,9-10,13-15H2,1H3,(H,29,30). The first-order valence-electron chi connectivity index (χ1n) is 10.1. The number of aliphatic hydroxyl groups excluding tert-OH is 1. The lowest BCUT2D eigenvalue weighted by Gasteiger charge is -2.11. The highest BCUT2D eigenvalue weighted by Crippen LogP contribution is 2.10. The molecule has 0 saturated carbocycles. The number of nitrogens with one attached hydrogen (secondary N) is 1. The van der Waals surface area contributed by atoms with Crippen LogP contribution < -0.4 is 5.32 Å². The van der Waals surface area contributed by atoms with Gasteiger partial charge < -0.3 is 20.1 Å². The van der Waals surface area contributed by atoms with Gasteiger partial charge in [-0.05, 0) is 30.5 Å². The van der Waals surface area contributed by atoms with E-state index in [1.807, 2.05) is 6.07 Å². The van der Waals surface area contributed by atoms with E-state index in [4.69, 9.17) is 0 Å². The summed E-state index contributed by atoms with van der Waals surface area (Å²) in [6.07, 6.45) is 2.79. The molecule has 0 aliphatic rings. The van der Waals surface area contributed by atoms with Gasteiger partial charge in [0, 0.05) is 19.5 Å². The number of hydrogen-bond acceptors (Lipinski definition) is 6. The molecule has 0 radical (unpaired) electrons. The van der Waals surface area contributed by atoms with Crippen molar-refractivity contribution in [2.24, 2.45) is 0 Å². The van der Waals surface area contributed by atoms with E-state index in [1.165, 1.54) is 17.7 Å². The fourth-order valence-corrected chi connectivity index (χ4v) is 3.36. The average Bonchev–Trinajstić information content (AvgIpc) is 3.16. The monoisotopic (exact) mass is 409 g/mol. The van der Waals surface area contributed by atoms with Crippen molar-refractivity contribution in [3.8, 4) is 0 Å². The van der Waals surface area contributed by atoms with Crippen LogP contribution in [0.25, 0.3) is 0 Å². The Bertz CT molecular complexity index is 972. The lowest BCUT2D eigenvalue weighted by atomic mass is 10.1. The van der Waals surface area contributed by atoms with Gasteiger partial charge in [-0.2, -0.15) is 0 Å². The minimum Gasteiger partial charge on any atom is -0.478 e. The second-order valence-electron chi connectivity index (χ2n) is 7.03. The first-order valence-corrected chi connectivity index (χ1v) is 10.1. The molecule has 0 fully saturated rings. The summed E-state index contributed by atoms with van der Waals surface area (Å²) in [5.41, 5.74) is 2.32. The Balaban J connectivity index is 1.61. The SMILES string of the molecule is CCc1nnc(CNCc2cc(C(=O)O)cc(CO)n2)n1CCCc1ccccc1. The zero-order chi connectivity index (χ0) is 21.3. The van der Waals surface area contributed by atoms with Crippen LogP contribution >= 0.6 is 0 Å². The number of hydrogen-bond donors (Lipinski definition) is 3. The van der Waals surface area contributed by atoms with Crippen LogP contribution in [0.15, 0.2) is 42.5 Å². The summed E-state index contributed by atoms with van der Waals surface area (Å²) in [5, 5.41) is 30.4. The Hall–Kier alpha value is -3.10. The Morgan fingerprint density at radius 2 is 1.80 bits per heavy atom. The van der Waals surface area contributed by atoms with Crippen molar-refractivity contribution < 1.29 is 15.0 Å². The van der Waals surface area contributed by atoms with E-state index in [-0.39, 0.29) is 12.2 Å². The zero-order valence-corrected chi connectivity index (χ0v) is 17.1. The highest BCUT2D eigenvalue weighted by molar-refractivity contribution is 5.87. The van der Waals surface area contributed by atoms with E-state index < -0.39 is 5.97 Å². The number of aryl methyl sites for hydroxylation is 2. The summed E-state index contributed by atoms with van der Waals surface area (Å²) in [7, 11) is 0. The first kappa shape index (κ1) is 21.6. The van der Waals surface area contributed by atoms with E-state index >= 15 is 0 Å². The lowest BCUT2D eigenvalue weighted by molar-refractivity contribution is 0.0696. The van der Waals surface area contributed by atoms with Crippen molar-refractivity contribution in [3.05, 3.63) is 76.6 Å². The average molecular weight is 409 g/mol. The van der Waals surface area contributed by atoms with Crippen LogP contribution in [0.2, 0.25) is 0 Å². The predicted molar refractivity (Wildman–Crippen MR) is 112 cm³/mol. The van der Waals surface area contributed by atoms with E-state index in [2.05, 4.69) is 56.3 Å². The van der Waals surface area contributed by atoms with Gasteiger partial charge in [-0.15, -0.1) is 10.2 Å². The molecule has 3 N–H and O–H groups in total. The molecule has 3 aromatic rings. The summed E-state index contributed by atoms with van der Waals surface area (Å²) in [4.78, 5) is 15.5. The molecule has 0 bridgehead atoms. The normalized spacial score (nSPS) is 11.0. The summed E-state index contributed by atoms with van der Waals surface area (Å²) in [6.45, 7) is 3.46. The Labute approximate surface area is 175 Å². The molecular weight excluding hydrogens is 382 g/mol. The van der Waals surface area contributed by atoms with Crippen molar-refractivity contribution in [3.63, 3.8) is 0 Å². The summed E-state index contributed by atoms with van der Waals surface area (Å²) >= 11 is 0. The molecule has 158 valence electrons. The van der Waals surface area contributed by atoms with Crippen molar-refractivity contribution in [1.29, 1.82) is 0 Å². The molecule has 3 rings (SSSR count). The number of pyridine rings is 1. The van der Waals surface area contributed by atoms with Gasteiger partial charge in [0.1, 0.15) is 11.6 Å². The van der Waals surface area contributed by atoms with E-state index in [9.17, 15) is 15.0 Å². The topological polar surface area (TPSA) is 113 Å². The maximum atomic E-state index is 11.2. The van der Waals surface area contributed by atoms with Crippen molar-refractivity contribution in [2.45, 2.75) is 52.4 Å². The molecule has 8 heteroatoms. The van der Waals surface area contributed by atoms with E-state index in [0.29, 0.717) is 24.5 Å². The summed E-state index contributed by atoms with van der Waals surface area (Å²) < 4.78 is 2.15. The number of aliphatic hydroxyl groups is 1. The van der Waals surface area contributed by atoms with Gasteiger partial charge in [0.05, 0.1) is 30.1 Å². The van der Waals surface area contributed by atoms with Crippen LogP contribution in [0, 0.1) is 0 Å². The van der Waals surface area contributed by atoms with Crippen LogP contribution in [0.5, 0.6) is 0 Å². The molecule has 0 amide bonds. The number of carboxylic acid groups (broad SMARTS) is 1. The van der Waals surface area contributed by atoms with Gasteiger partial charge in [0.2, 0.25) is 0 Å². The lowest BCUT2D eigenvalue weighted by Crippen LogP contribution is -2.19. The van der Waals surface area contributed by atoms with Crippen molar-refractivity contribution in [2.75, 3.05) is 0 Å². The zero-order valence-electron chi connectivity index (χ0n) is 17.1. The van der Waals surface area contributed by atoms with Gasteiger partial charge in [-0.25, -0.2) is 4.79 Å². The maximum Gasteiger partial charge on any atom is 0.335 e. The van der Waals surface area contributed by atoms with Crippen LogP contribution in [-0.2, 0) is 39.1 Å². The largest absolute Gasteiger partial charge is 0.478 e. The van der Waals surface area contributed by atoms with Gasteiger partial charge in [0.15, 0.2) is 0 Å². The summed E-state index contributed by atoms with van der Waals surface area (Å²) in [6, 6.07) is 13.3. The van der Waals surface area contributed by atoms with Crippen LogP contribution in [0.3, 0.4) is 0 Å². The Kier molecular flexibility index (Phi) is 7.64. The third kappa shape index (κ3) is 5.71. The fourth-order valence-electron chi connectivity index (χ4n) is 3.36. The Morgan fingerprint density at radius 3 is 2.50 bits per heavy atom. The summed E-state index contributed by atoms with van der Waals surface area (Å²) in [5.74, 6) is 0.754. The number of benzene rings is 1. The number of aromatic nitrogens is 4. The van der Waals surface area contributed by atoms with Crippen molar-refractivity contribution >= 4 is 5.97 Å². The van der Waals surface area contributed by atoms with E-state index in [0.717, 1.165) is 37.5 Å². The molecular formula is C22H27N5O3. The van der Waals surface area contributed by atoms with Gasteiger partial charge in [-0.3, -0.25) is 4.98 Å². The molecule has 1 aromatic carbocycles. The third-order valence-electron chi connectivity index (χ3n) is 4.84. The molecule has 0 aliphatic carbocycles. The fraction of sp³-hybridized carbons (Fsp3) is 0.364. The minimum absolute atomic E-state index is 0.114. The van der Waals surface area contributed by atoms with E-state index in [1.54, 1.807) is 0 Å². The Morgan fingerprint density at radius 1 is 1.07 bits per heavy atom. The quantitative estimate of drug-likeness (QED) is 0.445. The number of carbonyl (C=O) groups is 1. The number of rotatable bonds is 11. The molecule has 0 atom stereocenters. The van der Waals surface area contributed by atoms with Gasteiger partial charge >= 0.3 is 5.97 Å². The van der Waals surface area contributed by atoms with Gasteiger partial charge in [-0.1, -0.05) is 37.3 Å². The molecule has 0 spiro atoms. The van der Waals surface area contributed by atoms with Crippen LogP contribution in [-0.4, -0.2) is 35.9 Å². The molecule has 2 heterocycles. The number of nitrogens with zero attached hydrogens (tertiary/aromatic N) is 4. The highest BCUT2D eigenvalue weighted by atomic mass is 16.4. The van der Waals surface area contributed by atoms with Gasteiger partial charge in [0.25, 0.3) is 0 Å². The molecule has 8 nitrogen and oxygen atoms in total. The molecule has 2 aromatic heterocycles. The molecule has 0 unspecified atom stereocenters. The second kappa shape index (κ2) is 10.6. The molecule has 0 saturated heterocycles. The number of carboxylic acids is 1. The molecule has 0 aliphatic heterocycles. The third-order valence-corrected chi connectivity index (χ3v) is 4.84. The molecule has 30 heavy (non-hydrogen) atoms.